The molecule has 0 N–H and O–H groups in total. The van der Waals surface area contributed by atoms with Gasteiger partial charge in [-0.15, -0.1) is 0 Å². The zero-order chi connectivity index (χ0) is 15.5. The summed E-state index contributed by atoms with van der Waals surface area (Å²) in [4.78, 5) is 11.9. The molecule has 0 aliphatic heterocycles. The molecular formula is C18H22O3. The molecule has 1 aromatic carbocycles. The van der Waals surface area contributed by atoms with Crippen LogP contribution < -0.4 is 4.74 Å². The Balaban J connectivity index is 2.18. The summed E-state index contributed by atoms with van der Waals surface area (Å²) >= 11 is 0. The molecule has 0 saturated heterocycles. The second-order valence-corrected chi connectivity index (χ2v) is 6.12. The Morgan fingerprint density at radius 3 is 2.57 bits per heavy atom. The number of rotatable bonds is 5. The second-order valence-electron chi connectivity index (χ2n) is 6.12. The fourth-order valence-corrected chi connectivity index (χ4v) is 2.16. The van der Waals surface area contributed by atoms with Crippen molar-refractivity contribution in [3.8, 4) is 5.75 Å². The Bertz CT molecular complexity index is 604. The molecule has 3 heteroatoms. The number of Topliss-reactive ketones (excluding diaryl/α,β-unsaturated/α-hetero) is 1. The van der Waals surface area contributed by atoms with E-state index in [-0.39, 0.29) is 17.8 Å². The van der Waals surface area contributed by atoms with Gasteiger partial charge < -0.3 is 9.15 Å². The Hall–Kier alpha value is -2.03. The fraction of sp³-hybridized carbons (Fsp3) is 0.389. The molecular weight excluding hydrogens is 264 g/mol. The number of ether oxygens (including phenoxy) is 1. The van der Waals surface area contributed by atoms with Gasteiger partial charge in [0.25, 0.3) is 0 Å². The van der Waals surface area contributed by atoms with E-state index >= 15 is 0 Å². The maximum absolute atomic E-state index is 11.9. The van der Waals surface area contributed by atoms with Crippen LogP contribution in [0.4, 0.5) is 0 Å². The average Bonchev–Trinajstić information content (AvgIpc) is 2.97. The number of benzene rings is 1. The number of hydrogen-bond acceptors (Lipinski definition) is 3. The summed E-state index contributed by atoms with van der Waals surface area (Å²) in [6.45, 7) is 8.54. The van der Waals surface area contributed by atoms with Gasteiger partial charge in [0.05, 0.1) is 6.26 Å². The molecule has 0 atom stereocenters. The van der Waals surface area contributed by atoms with Crippen LogP contribution in [-0.2, 0) is 11.8 Å². The van der Waals surface area contributed by atoms with Crippen molar-refractivity contribution in [1.82, 2.24) is 0 Å². The minimum atomic E-state index is -0.153. The summed E-state index contributed by atoms with van der Waals surface area (Å²) in [5.41, 5.74) is 2.35. The lowest BCUT2D eigenvalue weighted by Gasteiger charge is -2.23. The highest BCUT2D eigenvalue weighted by atomic mass is 16.5. The van der Waals surface area contributed by atoms with E-state index in [1.165, 1.54) is 11.8 Å². The van der Waals surface area contributed by atoms with Crippen molar-refractivity contribution >= 4 is 5.78 Å². The SMILES string of the molecule is CCc1ccc(OCC(=O)c2ccco2)c(C(C)(C)C)c1. The number of furan rings is 1. The Morgan fingerprint density at radius 1 is 1.24 bits per heavy atom. The molecule has 1 aromatic heterocycles. The Morgan fingerprint density at radius 2 is 2.00 bits per heavy atom. The van der Waals surface area contributed by atoms with Crippen LogP contribution in [0.5, 0.6) is 5.75 Å². The first-order chi connectivity index (χ1) is 9.91. The Labute approximate surface area is 125 Å². The molecule has 2 rings (SSSR count). The van der Waals surface area contributed by atoms with Gasteiger partial charge in [0.2, 0.25) is 5.78 Å². The standard InChI is InChI=1S/C18H22O3/c1-5-13-8-9-16(14(11-13)18(2,3)4)21-12-15(19)17-7-6-10-20-17/h6-11H,5,12H2,1-4H3. The minimum absolute atomic E-state index is 0.0118. The lowest BCUT2D eigenvalue weighted by molar-refractivity contribution is 0.0892. The van der Waals surface area contributed by atoms with Crippen molar-refractivity contribution in [1.29, 1.82) is 0 Å². The van der Waals surface area contributed by atoms with Crippen molar-refractivity contribution < 1.29 is 13.9 Å². The van der Waals surface area contributed by atoms with Crippen molar-refractivity contribution in [3.05, 3.63) is 53.5 Å². The largest absolute Gasteiger partial charge is 0.485 e. The first-order valence-electron chi connectivity index (χ1n) is 7.24. The van der Waals surface area contributed by atoms with Gasteiger partial charge in [-0.05, 0) is 41.2 Å². The predicted molar refractivity (Wildman–Crippen MR) is 83.1 cm³/mol. The summed E-state index contributed by atoms with van der Waals surface area (Å²) < 4.78 is 10.8. The molecule has 0 bridgehead atoms. The van der Waals surface area contributed by atoms with Crippen LogP contribution in [0.1, 0.15) is 49.4 Å². The van der Waals surface area contributed by atoms with Gasteiger partial charge in [-0.25, -0.2) is 0 Å². The van der Waals surface area contributed by atoms with E-state index in [9.17, 15) is 4.79 Å². The third-order valence-corrected chi connectivity index (χ3v) is 3.42. The van der Waals surface area contributed by atoms with Gasteiger partial charge in [0.1, 0.15) is 5.75 Å². The second kappa shape index (κ2) is 6.17. The van der Waals surface area contributed by atoms with Gasteiger partial charge in [0.15, 0.2) is 12.4 Å². The molecule has 0 aliphatic carbocycles. The predicted octanol–water partition coefficient (Wildman–Crippen LogP) is 4.40. The highest BCUT2D eigenvalue weighted by Gasteiger charge is 2.20. The van der Waals surface area contributed by atoms with Crippen molar-refractivity contribution in [2.75, 3.05) is 6.61 Å². The van der Waals surface area contributed by atoms with Crippen LogP contribution in [0.2, 0.25) is 0 Å². The van der Waals surface area contributed by atoms with Crippen LogP contribution in [0, 0.1) is 0 Å². The van der Waals surface area contributed by atoms with Crippen LogP contribution in [-0.4, -0.2) is 12.4 Å². The lowest BCUT2D eigenvalue weighted by atomic mass is 9.85. The molecule has 0 aliphatic rings. The number of carbonyl (C=O) groups is 1. The first kappa shape index (κ1) is 15.4. The zero-order valence-electron chi connectivity index (χ0n) is 13.1. The van der Waals surface area contributed by atoms with E-state index in [2.05, 4.69) is 33.8 Å². The van der Waals surface area contributed by atoms with E-state index in [4.69, 9.17) is 9.15 Å². The van der Waals surface area contributed by atoms with Crippen LogP contribution in [0.3, 0.4) is 0 Å². The maximum atomic E-state index is 11.9. The van der Waals surface area contributed by atoms with E-state index < -0.39 is 0 Å². The quantitative estimate of drug-likeness (QED) is 0.765. The minimum Gasteiger partial charge on any atom is -0.485 e. The highest BCUT2D eigenvalue weighted by Crippen LogP contribution is 2.32. The van der Waals surface area contributed by atoms with Gasteiger partial charge >= 0.3 is 0 Å². The molecule has 21 heavy (non-hydrogen) atoms. The molecule has 0 unspecified atom stereocenters. The smallest absolute Gasteiger partial charge is 0.235 e. The maximum Gasteiger partial charge on any atom is 0.235 e. The molecule has 3 nitrogen and oxygen atoms in total. The first-order valence-corrected chi connectivity index (χ1v) is 7.24. The van der Waals surface area contributed by atoms with Gasteiger partial charge in [-0.1, -0.05) is 39.8 Å². The monoisotopic (exact) mass is 286 g/mol. The number of ketones is 1. The molecule has 0 radical (unpaired) electrons. The van der Waals surface area contributed by atoms with Crippen LogP contribution >= 0.6 is 0 Å². The number of carbonyl (C=O) groups excluding carboxylic acids is 1. The summed E-state index contributed by atoms with van der Waals surface area (Å²) in [6.07, 6.45) is 2.47. The summed E-state index contributed by atoms with van der Waals surface area (Å²) in [5, 5.41) is 0. The van der Waals surface area contributed by atoms with E-state index in [0.29, 0.717) is 5.76 Å². The van der Waals surface area contributed by atoms with Crippen molar-refractivity contribution in [2.45, 2.75) is 39.5 Å². The zero-order valence-corrected chi connectivity index (χ0v) is 13.1. The van der Waals surface area contributed by atoms with Gasteiger partial charge in [-0.3, -0.25) is 4.79 Å². The third-order valence-electron chi connectivity index (χ3n) is 3.42. The van der Waals surface area contributed by atoms with Gasteiger partial charge in [-0.2, -0.15) is 0 Å². The van der Waals surface area contributed by atoms with Gasteiger partial charge in [0, 0.05) is 0 Å². The van der Waals surface area contributed by atoms with E-state index in [1.807, 2.05) is 12.1 Å². The Kier molecular flexibility index (Phi) is 4.51. The third kappa shape index (κ3) is 3.75. The molecule has 0 saturated carbocycles. The van der Waals surface area contributed by atoms with Crippen molar-refractivity contribution in [2.24, 2.45) is 0 Å². The highest BCUT2D eigenvalue weighted by molar-refractivity contribution is 5.94. The summed E-state index contributed by atoms with van der Waals surface area (Å²) in [6, 6.07) is 9.50. The molecule has 0 amide bonds. The molecule has 2 aromatic rings. The molecule has 112 valence electrons. The number of aryl methyl sites for hydroxylation is 1. The fourth-order valence-electron chi connectivity index (χ4n) is 2.16. The molecule has 1 heterocycles. The van der Waals surface area contributed by atoms with E-state index in [1.54, 1.807) is 12.1 Å². The normalized spacial score (nSPS) is 11.4. The van der Waals surface area contributed by atoms with Crippen molar-refractivity contribution in [3.63, 3.8) is 0 Å². The number of hydrogen-bond donors (Lipinski definition) is 0. The summed E-state index contributed by atoms with van der Waals surface area (Å²) in [5.74, 6) is 0.941. The molecule has 0 spiro atoms. The van der Waals surface area contributed by atoms with E-state index in [0.717, 1.165) is 17.7 Å². The van der Waals surface area contributed by atoms with Crippen LogP contribution in [0.25, 0.3) is 0 Å². The average molecular weight is 286 g/mol. The van der Waals surface area contributed by atoms with Crippen LogP contribution in [0.15, 0.2) is 41.0 Å². The molecule has 0 fully saturated rings. The summed E-state index contributed by atoms with van der Waals surface area (Å²) in [7, 11) is 0. The lowest BCUT2D eigenvalue weighted by Crippen LogP contribution is -2.17. The topological polar surface area (TPSA) is 39.4 Å².